The molecule has 2 aliphatic carbocycles. The van der Waals surface area contributed by atoms with E-state index >= 15 is 0 Å². The summed E-state index contributed by atoms with van der Waals surface area (Å²) in [5.74, 6) is 1.29. The second-order valence-electron chi connectivity index (χ2n) is 5.91. The maximum absolute atomic E-state index is 12.1. The third-order valence-corrected chi connectivity index (χ3v) is 4.62. The van der Waals surface area contributed by atoms with Crippen LogP contribution < -0.4 is 5.32 Å². The highest BCUT2D eigenvalue weighted by Gasteiger charge is 2.40. The lowest BCUT2D eigenvalue weighted by atomic mass is 9.95. The molecule has 20 heavy (non-hydrogen) atoms. The molecule has 0 aromatic heterocycles. The molecule has 1 aromatic carbocycles. The van der Waals surface area contributed by atoms with Crippen molar-refractivity contribution in [3.8, 4) is 0 Å². The fraction of sp³-hybridized carbons (Fsp3) is 0.533. The van der Waals surface area contributed by atoms with Gasteiger partial charge < -0.3 is 5.32 Å². The molecule has 0 saturated heterocycles. The Morgan fingerprint density at radius 1 is 1.30 bits per heavy atom. The average molecular weight is 274 g/mol. The zero-order valence-corrected chi connectivity index (χ0v) is 11.2. The summed E-state index contributed by atoms with van der Waals surface area (Å²) in [4.78, 5) is 22.6. The molecule has 1 N–H and O–H groups in total. The molecule has 106 valence electrons. The molecule has 5 nitrogen and oxygen atoms in total. The standard InChI is InChI=1S/C15H18N2O3/c18-15(16-13-8-10-5-6-11(13)7-10)9-12-3-1-2-4-14(12)17(19)20/h1-4,10-11,13H,5-9H2,(H,16,18)/t10-,11+,13+/m1/s1. The van der Waals surface area contributed by atoms with E-state index in [1.54, 1.807) is 18.2 Å². The second kappa shape index (κ2) is 5.23. The van der Waals surface area contributed by atoms with Gasteiger partial charge in [0.05, 0.1) is 11.3 Å². The number of carbonyl (C=O) groups is 1. The van der Waals surface area contributed by atoms with E-state index in [2.05, 4.69) is 5.32 Å². The molecule has 1 amide bonds. The highest BCUT2D eigenvalue weighted by molar-refractivity contribution is 5.80. The van der Waals surface area contributed by atoms with Gasteiger partial charge in [0.25, 0.3) is 5.69 Å². The van der Waals surface area contributed by atoms with E-state index < -0.39 is 4.92 Å². The van der Waals surface area contributed by atoms with E-state index in [0.717, 1.165) is 12.3 Å². The molecule has 2 saturated carbocycles. The predicted molar refractivity (Wildman–Crippen MR) is 74.2 cm³/mol. The van der Waals surface area contributed by atoms with E-state index in [9.17, 15) is 14.9 Å². The van der Waals surface area contributed by atoms with Crippen LogP contribution in [0.2, 0.25) is 0 Å². The maximum Gasteiger partial charge on any atom is 0.273 e. The lowest BCUT2D eigenvalue weighted by molar-refractivity contribution is -0.385. The van der Waals surface area contributed by atoms with Gasteiger partial charge in [0.15, 0.2) is 0 Å². The summed E-state index contributed by atoms with van der Waals surface area (Å²) in [5.41, 5.74) is 0.508. The molecule has 0 aliphatic heterocycles. The lowest BCUT2D eigenvalue weighted by Gasteiger charge is -2.22. The van der Waals surface area contributed by atoms with Crippen LogP contribution in [0.4, 0.5) is 5.69 Å². The van der Waals surface area contributed by atoms with Crippen molar-refractivity contribution in [1.29, 1.82) is 0 Å². The summed E-state index contributed by atoms with van der Waals surface area (Å²) < 4.78 is 0. The van der Waals surface area contributed by atoms with Gasteiger partial charge in [0.2, 0.25) is 5.91 Å². The van der Waals surface area contributed by atoms with Gasteiger partial charge in [-0.3, -0.25) is 14.9 Å². The first-order valence-electron chi connectivity index (χ1n) is 7.15. The Hall–Kier alpha value is -1.91. The van der Waals surface area contributed by atoms with Crippen LogP contribution in [0.3, 0.4) is 0 Å². The van der Waals surface area contributed by atoms with Crippen molar-refractivity contribution in [3.63, 3.8) is 0 Å². The third-order valence-electron chi connectivity index (χ3n) is 4.62. The number of carbonyl (C=O) groups excluding carboxylic acids is 1. The molecule has 2 fully saturated rings. The Bertz CT molecular complexity index is 544. The zero-order chi connectivity index (χ0) is 14.1. The number of hydrogen-bond acceptors (Lipinski definition) is 3. The second-order valence-corrected chi connectivity index (χ2v) is 5.91. The summed E-state index contributed by atoms with van der Waals surface area (Å²) >= 11 is 0. The Morgan fingerprint density at radius 2 is 2.10 bits per heavy atom. The van der Waals surface area contributed by atoms with E-state index in [1.165, 1.54) is 25.3 Å². The summed E-state index contributed by atoms with van der Waals surface area (Å²) in [5, 5.41) is 14.0. The fourth-order valence-corrected chi connectivity index (χ4v) is 3.69. The molecular weight excluding hydrogens is 256 g/mol. The Morgan fingerprint density at radius 3 is 2.75 bits per heavy atom. The van der Waals surface area contributed by atoms with Gasteiger partial charge in [-0.25, -0.2) is 0 Å². The molecule has 0 spiro atoms. The van der Waals surface area contributed by atoms with E-state index in [4.69, 9.17) is 0 Å². The summed E-state index contributed by atoms with van der Waals surface area (Å²) in [6.45, 7) is 0. The molecule has 0 heterocycles. The Kier molecular flexibility index (Phi) is 3.42. The van der Waals surface area contributed by atoms with Crippen molar-refractivity contribution in [2.75, 3.05) is 0 Å². The molecule has 5 heteroatoms. The third kappa shape index (κ3) is 2.53. The first kappa shape index (κ1) is 13.1. The van der Waals surface area contributed by atoms with Crippen LogP contribution in [-0.4, -0.2) is 16.9 Å². The number of rotatable bonds is 4. The number of nitrogens with zero attached hydrogens (tertiary/aromatic N) is 1. The number of para-hydroxylation sites is 1. The van der Waals surface area contributed by atoms with E-state index in [0.29, 0.717) is 11.5 Å². The number of nitrogens with one attached hydrogen (secondary N) is 1. The molecular formula is C15H18N2O3. The van der Waals surface area contributed by atoms with Crippen LogP contribution in [0.15, 0.2) is 24.3 Å². The highest BCUT2D eigenvalue weighted by Crippen LogP contribution is 2.44. The van der Waals surface area contributed by atoms with Crippen molar-refractivity contribution >= 4 is 11.6 Å². The van der Waals surface area contributed by atoms with Gasteiger partial charge in [0, 0.05) is 17.7 Å². The molecule has 2 bridgehead atoms. The molecule has 0 radical (unpaired) electrons. The van der Waals surface area contributed by atoms with Gasteiger partial charge in [-0.2, -0.15) is 0 Å². The van der Waals surface area contributed by atoms with Crippen molar-refractivity contribution in [2.24, 2.45) is 11.8 Å². The van der Waals surface area contributed by atoms with Crippen LogP contribution in [0, 0.1) is 22.0 Å². The number of nitro groups is 1. The van der Waals surface area contributed by atoms with Crippen LogP contribution in [-0.2, 0) is 11.2 Å². The van der Waals surface area contributed by atoms with Crippen LogP contribution in [0.1, 0.15) is 31.2 Å². The molecule has 3 rings (SSSR count). The van der Waals surface area contributed by atoms with Crippen molar-refractivity contribution in [2.45, 2.75) is 38.1 Å². The van der Waals surface area contributed by atoms with Gasteiger partial charge >= 0.3 is 0 Å². The van der Waals surface area contributed by atoms with Gasteiger partial charge in [-0.1, -0.05) is 24.6 Å². The Balaban J connectivity index is 1.63. The minimum absolute atomic E-state index is 0.0237. The SMILES string of the molecule is O=C(Cc1ccccc1[N+](=O)[O-])N[C@H]1C[C@@H]2CC[C@H]1C2. The molecule has 3 atom stereocenters. The minimum Gasteiger partial charge on any atom is -0.353 e. The van der Waals surface area contributed by atoms with Gasteiger partial charge in [0.1, 0.15) is 0 Å². The van der Waals surface area contributed by atoms with Crippen LogP contribution in [0.25, 0.3) is 0 Å². The number of amides is 1. The number of hydrogen-bond donors (Lipinski definition) is 1. The highest BCUT2D eigenvalue weighted by atomic mass is 16.6. The molecule has 1 aromatic rings. The summed E-state index contributed by atoms with van der Waals surface area (Å²) in [6, 6.07) is 6.73. The molecule has 0 unspecified atom stereocenters. The topological polar surface area (TPSA) is 72.2 Å². The maximum atomic E-state index is 12.1. The fourth-order valence-electron chi connectivity index (χ4n) is 3.69. The Labute approximate surface area is 117 Å². The number of fused-ring (bicyclic) bond motifs is 2. The lowest BCUT2D eigenvalue weighted by Crippen LogP contribution is -2.39. The van der Waals surface area contributed by atoms with Gasteiger partial charge in [-0.05, 0) is 31.1 Å². The number of benzene rings is 1. The van der Waals surface area contributed by atoms with Crippen molar-refractivity contribution in [3.05, 3.63) is 39.9 Å². The average Bonchev–Trinajstić information content (AvgIpc) is 3.01. The van der Waals surface area contributed by atoms with Crippen molar-refractivity contribution in [1.82, 2.24) is 5.32 Å². The van der Waals surface area contributed by atoms with Crippen LogP contribution >= 0.6 is 0 Å². The first-order valence-corrected chi connectivity index (χ1v) is 7.15. The quantitative estimate of drug-likeness (QED) is 0.677. The zero-order valence-electron chi connectivity index (χ0n) is 11.2. The molecule has 2 aliphatic rings. The van der Waals surface area contributed by atoms with Crippen LogP contribution in [0.5, 0.6) is 0 Å². The smallest absolute Gasteiger partial charge is 0.273 e. The van der Waals surface area contributed by atoms with E-state index in [1.807, 2.05) is 0 Å². The first-order chi connectivity index (χ1) is 9.63. The monoisotopic (exact) mass is 274 g/mol. The summed E-state index contributed by atoms with van der Waals surface area (Å²) in [7, 11) is 0. The number of nitro benzene ring substituents is 1. The van der Waals surface area contributed by atoms with Gasteiger partial charge in [-0.15, -0.1) is 0 Å². The predicted octanol–water partition coefficient (Wildman–Crippen LogP) is 2.44. The summed E-state index contributed by atoms with van der Waals surface area (Å²) in [6.07, 6.45) is 4.90. The van der Waals surface area contributed by atoms with E-state index in [-0.39, 0.29) is 24.1 Å². The van der Waals surface area contributed by atoms with Crippen molar-refractivity contribution < 1.29 is 9.72 Å². The minimum atomic E-state index is -0.430. The normalized spacial score (nSPS) is 27.5. The largest absolute Gasteiger partial charge is 0.353 e.